The molecule has 0 aliphatic heterocycles. The Labute approximate surface area is 132 Å². The Bertz CT molecular complexity index is 628. The minimum absolute atomic E-state index is 0.581. The van der Waals surface area contributed by atoms with Gasteiger partial charge in [-0.15, -0.1) is 0 Å². The van der Waals surface area contributed by atoms with E-state index >= 15 is 0 Å². The quantitative estimate of drug-likeness (QED) is 0.893. The molecule has 0 bridgehead atoms. The van der Waals surface area contributed by atoms with Gasteiger partial charge in [-0.05, 0) is 45.8 Å². The Morgan fingerprint density at radius 2 is 1.67 bits per heavy atom. The van der Waals surface area contributed by atoms with E-state index in [0.717, 1.165) is 10.0 Å². The van der Waals surface area contributed by atoms with E-state index in [0.29, 0.717) is 22.8 Å². The maximum atomic E-state index is 10.6. The summed E-state index contributed by atoms with van der Waals surface area (Å²) < 4.78 is 16.6. The smallest absolute Gasteiger partial charge is 0.133 e. The van der Waals surface area contributed by atoms with Gasteiger partial charge in [0.25, 0.3) is 0 Å². The van der Waals surface area contributed by atoms with Crippen LogP contribution < -0.4 is 14.2 Å². The first kappa shape index (κ1) is 15.7. The summed E-state index contributed by atoms with van der Waals surface area (Å²) in [4.78, 5) is 0. The van der Waals surface area contributed by atoms with Crippen LogP contribution in [0.4, 0.5) is 0 Å². The molecule has 0 aliphatic rings. The number of rotatable bonds is 5. The van der Waals surface area contributed by atoms with Gasteiger partial charge in [0.15, 0.2) is 0 Å². The van der Waals surface area contributed by atoms with Gasteiger partial charge in [0.2, 0.25) is 0 Å². The predicted octanol–water partition coefficient (Wildman–Crippen LogP) is 3.56. The van der Waals surface area contributed by atoms with Gasteiger partial charge in [-0.2, -0.15) is 0 Å². The number of ether oxygens (including phenoxy) is 3. The highest BCUT2D eigenvalue weighted by Crippen LogP contribution is 2.38. The van der Waals surface area contributed by atoms with Crippen LogP contribution in [0, 0.1) is 0 Å². The number of halogens is 1. The topological polar surface area (TPSA) is 47.9 Å². The molecule has 0 radical (unpaired) electrons. The summed E-state index contributed by atoms with van der Waals surface area (Å²) in [5.41, 5.74) is 1.35. The van der Waals surface area contributed by atoms with Gasteiger partial charge in [0.05, 0.1) is 25.8 Å². The van der Waals surface area contributed by atoms with E-state index in [2.05, 4.69) is 15.9 Å². The molecule has 0 heterocycles. The maximum absolute atomic E-state index is 10.6. The third-order valence-corrected chi connectivity index (χ3v) is 3.83. The van der Waals surface area contributed by atoms with Crippen LogP contribution >= 0.6 is 15.9 Å². The fourth-order valence-corrected chi connectivity index (χ4v) is 2.57. The first-order valence-corrected chi connectivity index (χ1v) is 7.13. The van der Waals surface area contributed by atoms with Gasteiger partial charge < -0.3 is 19.3 Å². The molecule has 2 aromatic rings. The molecular weight excluding hydrogens is 336 g/mol. The number of hydrogen-bond acceptors (Lipinski definition) is 4. The molecule has 5 heteroatoms. The Morgan fingerprint density at radius 3 is 2.29 bits per heavy atom. The summed E-state index contributed by atoms with van der Waals surface area (Å²) in [5.74, 6) is 1.90. The van der Waals surface area contributed by atoms with Crippen LogP contribution in [0.25, 0.3) is 0 Å². The maximum Gasteiger partial charge on any atom is 0.133 e. The molecule has 112 valence electrons. The Balaban J connectivity index is 2.48. The predicted molar refractivity (Wildman–Crippen MR) is 84.3 cm³/mol. The lowest BCUT2D eigenvalue weighted by atomic mass is 10.00. The van der Waals surface area contributed by atoms with Crippen molar-refractivity contribution in [3.05, 3.63) is 52.0 Å². The minimum atomic E-state index is -0.836. The van der Waals surface area contributed by atoms with Crippen LogP contribution in [-0.4, -0.2) is 26.4 Å². The normalized spacial score (nSPS) is 11.9. The zero-order valence-electron chi connectivity index (χ0n) is 12.1. The molecule has 2 rings (SSSR count). The summed E-state index contributed by atoms with van der Waals surface area (Å²) in [6.07, 6.45) is -0.836. The number of benzene rings is 2. The van der Waals surface area contributed by atoms with Crippen molar-refractivity contribution in [1.82, 2.24) is 0 Å². The summed E-state index contributed by atoms with van der Waals surface area (Å²) in [6.45, 7) is 0. The van der Waals surface area contributed by atoms with Crippen molar-refractivity contribution in [3.63, 3.8) is 0 Å². The van der Waals surface area contributed by atoms with Crippen LogP contribution in [0.1, 0.15) is 17.2 Å². The van der Waals surface area contributed by atoms with E-state index in [4.69, 9.17) is 14.2 Å². The second-order valence-electron chi connectivity index (χ2n) is 4.41. The van der Waals surface area contributed by atoms with Crippen molar-refractivity contribution in [2.24, 2.45) is 0 Å². The third kappa shape index (κ3) is 3.31. The molecule has 0 fully saturated rings. The van der Waals surface area contributed by atoms with Crippen molar-refractivity contribution < 1.29 is 19.3 Å². The summed E-state index contributed by atoms with van der Waals surface area (Å²) in [5, 5.41) is 10.6. The van der Waals surface area contributed by atoms with Gasteiger partial charge in [-0.1, -0.05) is 12.1 Å². The first-order chi connectivity index (χ1) is 10.1. The van der Waals surface area contributed by atoms with E-state index < -0.39 is 6.10 Å². The fraction of sp³-hybridized carbons (Fsp3) is 0.250. The molecule has 0 saturated heterocycles. The Morgan fingerprint density at radius 1 is 0.952 bits per heavy atom. The van der Waals surface area contributed by atoms with Gasteiger partial charge in [0.1, 0.15) is 23.4 Å². The standard InChI is InChI=1S/C16H17BrO4/c1-19-11-6-4-5-10(7-11)16(18)12-8-15(21-3)13(17)9-14(12)20-2/h4-9,16,18H,1-3H3. The lowest BCUT2D eigenvalue weighted by molar-refractivity contribution is 0.213. The lowest BCUT2D eigenvalue weighted by Crippen LogP contribution is -2.04. The molecule has 2 aromatic carbocycles. The second-order valence-corrected chi connectivity index (χ2v) is 5.26. The average molecular weight is 353 g/mol. The highest BCUT2D eigenvalue weighted by molar-refractivity contribution is 9.10. The zero-order chi connectivity index (χ0) is 15.4. The summed E-state index contributed by atoms with van der Waals surface area (Å²) in [7, 11) is 4.74. The van der Waals surface area contributed by atoms with E-state index in [-0.39, 0.29) is 0 Å². The average Bonchev–Trinajstić information content (AvgIpc) is 2.53. The molecular formula is C16H17BrO4. The highest BCUT2D eigenvalue weighted by atomic mass is 79.9. The minimum Gasteiger partial charge on any atom is -0.497 e. The van der Waals surface area contributed by atoms with Crippen molar-refractivity contribution >= 4 is 15.9 Å². The van der Waals surface area contributed by atoms with Gasteiger partial charge in [0, 0.05) is 5.56 Å². The number of hydrogen-bond donors (Lipinski definition) is 1. The molecule has 0 spiro atoms. The lowest BCUT2D eigenvalue weighted by Gasteiger charge is -2.17. The van der Waals surface area contributed by atoms with Crippen LogP contribution in [0.3, 0.4) is 0 Å². The molecule has 0 aromatic heterocycles. The van der Waals surface area contributed by atoms with E-state index in [1.54, 1.807) is 39.5 Å². The summed E-state index contributed by atoms with van der Waals surface area (Å²) in [6, 6.07) is 10.8. The van der Waals surface area contributed by atoms with Crippen LogP contribution in [0.2, 0.25) is 0 Å². The van der Waals surface area contributed by atoms with Crippen molar-refractivity contribution in [3.8, 4) is 17.2 Å². The SMILES string of the molecule is COc1cccc(C(O)c2cc(OC)c(Br)cc2OC)c1. The molecule has 0 amide bonds. The van der Waals surface area contributed by atoms with E-state index in [1.165, 1.54) is 0 Å². The van der Waals surface area contributed by atoms with Crippen molar-refractivity contribution in [1.29, 1.82) is 0 Å². The fourth-order valence-electron chi connectivity index (χ4n) is 2.09. The van der Waals surface area contributed by atoms with Crippen LogP contribution in [0.5, 0.6) is 17.2 Å². The molecule has 21 heavy (non-hydrogen) atoms. The zero-order valence-corrected chi connectivity index (χ0v) is 13.7. The van der Waals surface area contributed by atoms with Gasteiger partial charge in [-0.25, -0.2) is 0 Å². The van der Waals surface area contributed by atoms with E-state index in [1.807, 2.05) is 18.2 Å². The molecule has 0 saturated carbocycles. The number of aliphatic hydroxyl groups excluding tert-OH is 1. The van der Waals surface area contributed by atoms with Crippen LogP contribution in [0.15, 0.2) is 40.9 Å². The Kier molecular flexibility index (Phi) is 5.09. The molecule has 1 N–H and O–H groups in total. The molecule has 1 atom stereocenters. The monoisotopic (exact) mass is 352 g/mol. The summed E-state index contributed by atoms with van der Waals surface area (Å²) >= 11 is 3.40. The van der Waals surface area contributed by atoms with Crippen molar-refractivity contribution in [2.45, 2.75) is 6.10 Å². The molecule has 0 aliphatic carbocycles. The Hall–Kier alpha value is -1.72. The van der Waals surface area contributed by atoms with Crippen molar-refractivity contribution in [2.75, 3.05) is 21.3 Å². The highest BCUT2D eigenvalue weighted by Gasteiger charge is 2.19. The van der Waals surface area contributed by atoms with Gasteiger partial charge >= 0.3 is 0 Å². The third-order valence-electron chi connectivity index (χ3n) is 3.21. The first-order valence-electron chi connectivity index (χ1n) is 6.34. The molecule has 4 nitrogen and oxygen atoms in total. The van der Waals surface area contributed by atoms with E-state index in [9.17, 15) is 5.11 Å². The second kappa shape index (κ2) is 6.83. The molecule has 1 unspecified atom stereocenters. The number of methoxy groups -OCH3 is 3. The number of aliphatic hydroxyl groups is 1. The van der Waals surface area contributed by atoms with Crippen LogP contribution in [-0.2, 0) is 0 Å². The van der Waals surface area contributed by atoms with Gasteiger partial charge in [-0.3, -0.25) is 0 Å². The largest absolute Gasteiger partial charge is 0.497 e.